The maximum Gasteiger partial charge on any atom is 0.281 e. The zero-order valence-corrected chi connectivity index (χ0v) is 13.7. The van der Waals surface area contributed by atoms with Gasteiger partial charge in [-0.05, 0) is 51.5 Å². The van der Waals surface area contributed by atoms with Crippen LogP contribution in [0.15, 0.2) is 0 Å². The molecule has 2 aliphatic heterocycles. The lowest BCUT2D eigenvalue weighted by Gasteiger charge is -2.37. The molecule has 5 nitrogen and oxygen atoms in total. The minimum absolute atomic E-state index is 0.395. The van der Waals surface area contributed by atoms with Crippen LogP contribution in [0, 0.1) is 5.92 Å². The highest BCUT2D eigenvalue weighted by atomic mass is 32.2. The lowest BCUT2D eigenvalue weighted by molar-refractivity contribution is 0.215. The molecule has 2 atom stereocenters. The van der Waals surface area contributed by atoms with E-state index in [0.717, 1.165) is 38.6 Å². The molecule has 2 aliphatic rings. The Balaban J connectivity index is 1.95. The molecule has 0 amide bonds. The van der Waals surface area contributed by atoms with Crippen molar-refractivity contribution in [1.82, 2.24) is 13.9 Å². The average molecular weight is 303 g/mol. The van der Waals surface area contributed by atoms with Crippen LogP contribution in [0.3, 0.4) is 0 Å². The van der Waals surface area contributed by atoms with Gasteiger partial charge in [0.2, 0.25) is 0 Å². The highest BCUT2D eigenvalue weighted by molar-refractivity contribution is 7.86. The Labute approximate surface area is 123 Å². The van der Waals surface area contributed by atoms with Crippen LogP contribution in [0.5, 0.6) is 0 Å². The number of nitrogens with zero attached hydrogens (tertiary/aromatic N) is 2. The van der Waals surface area contributed by atoms with Crippen molar-refractivity contribution in [2.75, 3.05) is 32.7 Å². The molecular formula is C14H29N3O2S. The van der Waals surface area contributed by atoms with Crippen molar-refractivity contribution in [3.05, 3.63) is 0 Å². The third-order valence-corrected chi connectivity index (χ3v) is 6.56. The molecule has 0 saturated carbocycles. The van der Waals surface area contributed by atoms with Gasteiger partial charge >= 0.3 is 0 Å². The van der Waals surface area contributed by atoms with Crippen LogP contribution in [-0.2, 0) is 10.2 Å². The van der Waals surface area contributed by atoms with E-state index < -0.39 is 10.2 Å². The fourth-order valence-electron chi connectivity index (χ4n) is 3.21. The SMILES string of the molecule is CCCNC(C)C1CCCN(S(=O)(=O)N2CCCC2)C1. The van der Waals surface area contributed by atoms with Gasteiger partial charge in [0.05, 0.1) is 0 Å². The average Bonchev–Trinajstić information content (AvgIpc) is 2.99. The molecule has 6 heteroatoms. The second-order valence-electron chi connectivity index (χ2n) is 6.12. The molecule has 2 heterocycles. The Hall–Kier alpha value is -0.170. The Kier molecular flexibility index (Phi) is 5.84. The summed E-state index contributed by atoms with van der Waals surface area (Å²) in [5.74, 6) is 0.438. The van der Waals surface area contributed by atoms with E-state index in [2.05, 4.69) is 19.2 Å². The molecule has 2 unspecified atom stereocenters. The first-order chi connectivity index (χ1) is 9.55. The summed E-state index contributed by atoms with van der Waals surface area (Å²) in [6, 6.07) is 0.395. The zero-order chi connectivity index (χ0) is 14.6. The van der Waals surface area contributed by atoms with Crippen LogP contribution >= 0.6 is 0 Å². The van der Waals surface area contributed by atoms with E-state index >= 15 is 0 Å². The number of hydrogen-bond acceptors (Lipinski definition) is 3. The van der Waals surface area contributed by atoms with Crippen LogP contribution in [0.25, 0.3) is 0 Å². The van der Waals surface area contributed by atoms with Crippen molar-refractivity contribution in [2.45, 2.75) is 52.0 Å². The molecular weight excluding hydrogens is 274 g/mol. The summed E-state index contributed by atoms with van der Waals surface area (Å²) < 4.78 is 28.6. The number of rotatable bonds is 6. The minimum atomic E-state index is -3.21. The smallest absolute Gasteiger partial charge is 0.281 e. The molecule has 0 radical (unpaired) electrons. The molecule has 0 aromatic heterocycles. The molecule has 2 rings (SSSR count). The Morgan fingerprint density at radius 2 is 1.80 bits per heavy atom. The molecule has 20 heavy (non-hydrogen) atoms. The summed E-state index contributed by atoms with van der Waals surface area (Å²) in [6.07, 6.45) is 5.24. The van der Waals surface area contributed by atoms with Crippen molar-refractivity contribution in [3.8, 4) is 0 Å². The van der Waals surface area contributed by atoms with Gasteiger partial charge in [-0.15, -0.1) is 0 Å². The van der Waals surface area contributed by atoms with Crippen LogP contribution in [0.2, 0.25) is 0 Å². The highest BCUT2D eigenvalue weighted by Crippen LogP contribution is 2.25. The molecule has 1 N–H and O–H groups in total. The monoisotopic (exact) mass is 303 g/mol. The molecule has 0 bridgehead atoms. The summed E-state index contributed by atoms with van der Waals surface area (Å²) in [5, 5.41) is 3.51. The Bertz CT molecular complexity index is 393. The normalized spacial score (nSPS) is 27.8. The quantitative estimate of drug-likeness (QED) is 0.807. The predicted molar refractivity (Wildman–Crippen MR) is 81.8 cm³/mol. The van der Waals surface area contributed by atoms with E-state index in [-0.39, 0.29) is 0 Å². The third kappa shape index (κ3) is 3.72. The van der Waals surface area contributed by atoms with Crippen molar-refractivity contribution in [2.24, 2.45) is 5.92 Å². The third-order valence-electron chi connectivity index (χ3n) is 4.56. The van der Waals surface area contributed by atoms with E-state index in [4.69, 9.17) is 0 Å². The van der Waals surface area contributed by atoms with Gasteiger partial charge in [0, 0.05) is 32.2 Å². The van der Waals surface area contributed by atoms with E-state index in [9.17, 15) is 8.42 Å². The van der Waals surface area contributed by atoms with Gasteiger partial charge in [-0.1, -0.05) is 6.92 Å². The van der Waals surface area contributed by atoms with Crippen molar-refractivity contribution >= 4 is 10.2 Å². The first-order valence-corrected chi connectivity index (χ1v) is 9.44. The lowest BCUT2D eigenvalue weighted by Crippen LogP contribution is -2.50. The van der Waals surface area contributed by atoms with Gasteiger partial charge in [-0.25, -0.2) is 0 Å². The predicted octanol–water partition coefficient (Wildman–Crippen LogP) is 1.43. The highest BCUT2D eigenvalue weighted by Gasteiger charge is 2.35. The number of hydrogen-bond donors (Lipinski definition) is 1. The molecule has 118 valence electrons. The molecule has 2 fully saturated rings. The first kappa shape index (κ1) is 16.2. The second-order valence-corrected chi connectivity index (χ2v) is 8.05. The van der Waals surface area contributed by atoms with Crippen LogP contribution < -0.4 is 5.32 Å². The summed E-state index contributed by atoms with van der Waals surface area (Å²) in [5.41, 5.74) is 0. The van der Waals surface area contributed by atoms with Crippen molar-refractivity contribution in [3.63, 3.8) is 0 Å². The molecule has 0 spiro atoms. The maximum atomic E-state index is 12.6. The molecule has 0 aliphatic carbocycles. The maximum absolute atomic E-state index is 12.6. The second kappa shape index (κ2) is 7.20. The van der Waals surface area contributed by atoms with Crippen LogP contribution in [0.4, 0.5) is 0 Å². The largest absolute Gasteiger partial charge is 0.314 e. The van der Waals surface area contributed by atoms with Crippen LogP contribution in [0.1, 0.15) is 46.0 Å². The minimum Gasteiger partial charge on any atom is -0.314 e. The molecule has 0 aromatic rings. The summed E-state index contributed by atoms with van der Waals surface area (Å²) in [7, 11) is -3.21. The summed E-state index contributed by atoms with van der Waals surface area (Å²) in [4.78, 5) is 0. The number of nitrogens with one attached hydrogen (secondary N) is 1. The fourth-order valence-corrected chi connectivity index (χ4v) is 5.00. The van der Waals surface area contributed by atoms with Gasteiger partial charge in [0.15, 0.2) is 0 Å². The fraction of sp³-hybridized carbons (Fsp3) is 1.00. The lowest BCUT2D eigenvalue weighted by atomic mass is 9.93. The standard InChI is InChI=1S/C14H29N3O2S/c1-3-8-15-13(2)14-7-6-11-17(12-14)20(18,19)16-9-4-5-10-16/h13-15H,3-12H2,1-2H3. The van der Waals surface area contributed by atoms with Gasteiger partial charge in [0.1, 0.15) is 0 Å². The zero-order valence-electron chi connectivity index (χ0n) is 12.8. The number of piperidine rings is 1. The van der Waals surface area contributed by atoms with Crippen LogP contribution in [-0.4, -0.2) is 55.8 Å². The van der Waals surface area contributed by atoms with E-state index in [1.807, 2.05) is 0 Å². The Morgan fingerprint density at radius 3 is 2.45 bits per heavy atom. The van der Waals surface area contributed by atoms with Crippen molar-refractivity contribution in [1.29, 1.82) is 0 Å². The van der Waals surface area contributed by atoms with Gasteiger partial charge in [-0.3, -0.25) is 0 Å². The van der Waals surface area contributed by atoms with Gasteiger partial charge in [0.25, 0.3) is 10.2 Å². The van der Waals surface area contributed by atoms with Gasteiger partial charge in [-0.2, -0.15) is 17.0 Å². The van der Waals surface area contributed by atoms with E-state index in [0.29, 0.717) is 38.1 Å². The van der Waals surface area contributed by atoms with Gasteiger partial charge < -0.3 is 5.32 Å². The van der Waals surface area contributed by atoms with E-state index in [1.165, 1.54) is 0 Å². The first-order valence-electron chi connectivity index (χ1n) is 8.04. The summed E-state index contributed by atoms with van der Waals surface area (Å²) in [6.45, 7) is 8.13. The topological polar surface area (TPSA) is 52.7 Å². The Morgan fingerprint density at radius 1 is 1.15 bits per heavy atom. The molecule has 2 saturated heterocycles. The van der Waals surface area contributed by atoms with E-state index in [1.54, 1.807) is 8.61 Å². The van der Waals surface area contributed by atoms with Crippen molar-refractivity contribution < 1.29 is 8.42 Å². The molecule has 0 aromatic carbocycles. The summed E-state index contributed by atoms with van der Waals surface area (Å²) >= 11 is 0.